The molecule has 0 spiro atoms. The molecule has 1 fully saturated rings. The minimum atomic E-state index is -0.276. The van der Waals surface area contributed by atoms with Crippen LogP contribution in [0.2, 0.25) is 0 Å². The Hall–Kier alpha value is -2.52. The Kier molecular flexibility index (Phi) is 7.93. The van der Waals surface area contributed by atoms with Gasteiger partial charge < -0.3 is 5.32 Å². The lowest BCUT2D eigenvalue weighted by Gasteiger charge is -2.18. The molecule has 3 aromatic carbocycles. The lowest BCUT2D eigenvalue weighted by molar-refractivity contribution is 0.599. The highest BCUT2D eigenvalue weighted by Gasteiger charge is 2.21. The van der Waals surface area contributed by atoms with Crippen molar-refractivity contribution in [2.45, 2.75) is 63.8 Å². The average Bonchev–Trinajstić information content (AvgIpc) is 3.67. The molecule has 0 aliphatic heterocycles. The Labute approximate surface area is 203 Å². The predicted molar refractivity (Wildman–Crippen MR) is 141 cm³/mol. The van der Waals surface area contributed by atoms with Gasteiger partial charge in [0, 0.05) is 22.7 Å². The monoisotopic (exact) mass is 459 g/mol. The summed E-state index contributed by atoms with van der Waals surface area (Å²) < 4.78 is 14.0. The third-order valence-corrected chi connectivity index (χ3v) is 6.89. The van der Waals surface area contributed by atoms with Crippen LogP contribution in [0.25, 0.3) is 16.8 Å². The van der Waals surface area contributed by atoms with Crippen LogP contribution in [0.4, 0.5) is 4.39 Å². The molecule has 4 rings (SSSR count). The topological polar surface area (TPSA) is 12.0 Å². The Morgan fingerprint density at radius 1 is 1.03 bits per heavy atom. The lowest BCUT2D eigenvalue weighted by Crippen LogP contribution is -2.14. The van der Waals surface area contributed by atoms with Crippen LogP contribution in [0.3, 0.4) is 0 Å². The molecule has 0 aromatic heterocycles. The van der Waals surface area contributed by atoms with Crippen molar-refractivity contribution < 1.29 is 4.39 Å². The molecule has 1 aliphatic rings. The summed E-state index contributed by atoms with van der Waals surface area (Å²) in [4.78, 5) is 0.382. The second-order valence-corrected chi connectivity index (χ2v) is 9.51. The number of rotatable bonds is 10. The molecule has 0 bridgehead atoms. The minimum absolute atomic E-state index is 0.276. The third-order valence-electron chi connectivity index (χ3n) is 6.53. The first kappa shape index (κ1) is 23.6. The fraction of sp³-hybridized carbons (Fsp3) is 0.333. The van der Waals surface area contributed by atoms with Gasteiger partial charge in [-0.15, -0.1) is 12.6 Å². The fourth-order valence-corrected chi connectivity index (χ4v) is 4.57. The summed E-state index contributed by atoms with van der Waals surface area (Å²) in [6.45, 7) is 4.95. The van der Waals surface area contributed by atoms with E-state index in [-0.39, 0.29) is 5.82 Å². The third kappa shape index (κ3) is 6.09. The SMILES string of the molecule is CC/C=C(\NCc1ccc(S)c(F)c1)c1cc(-c2ccccc2CC)ccc1CCC1CC1. The van der Waals surface area contributed by atoms with Crippen LogP contribution in [0.5, 0.6) is 0 Å². The number of allylic oxidation sites excluding steroid dienone is 1. The van der Waals surface area contributed by atoms with Crippen LogP contribution in [0, 0.1) is 11.7 Å². The quantitative estimate of drug-likeness (QED) is 0.291. The molecule has 33 heavy (non-hydrogen) atoms. The van der Waals surface area contributed by atoms with E-state index in [0.29, 0.717) is 11.4 Å². The van der Waals surface area contributed by atoms with Crippen LogP contribution >= 0.6 is 12.6 Å². The van der Waals surface area contributed by atoms with Crippen molar-refractivity contribution in [3.05, 3.63) is 94.8 Å². The van der Waals surface area contributed by atoms with Gasteiger partial charge >= 0.3 is 0 Å². The van der Waals surface area contributed by atoms with E-state index in [2.05, 4.69) is 80.3 Å². The van der Waals surface area contributed by atoms with E-state index in [4.69, 9.17) is 0 Å². The largest absolute Gasteiger partial charge is 0.381 e. The van der Waals surface area contributed by atoms with Crippen LogP contribution in [0.1, 0.15) is 61.8 Å². The first-order valence-electron chi connectivity index (χ1n) is 12.2. The second kappa shape index (κ2) is 11.1. The Morgan fingerprint density at radius 3 is 2.58 bits per heavy atom. The average molecular weight is 460 g/mol. The van der Waals surface area contributed by atoms with Crippen LogP contribution < -0.4 is 5.32 Å². The van der Waals surface area contributed by atoms with E-state index < -0.39 is 0 Å². The Morgan fingerprint density at radius 2 is 1.85 bits per heavy atom. The molecule has 3 aromatic rings. The van der Waals surface area contributed by atoms with E-state index in [1.54, 1.807) is 12.1 Å². The normalized spacial score (nSPS) is 13.9. The maximum absolute atomic E-state index is 14.0. The molecule has 0 atom stereocenters. The van der Waals surface area contributed by atoms with Gasteiger partial charge in [0.15, 0.2) is 0 Å². The van der Waals surface area contributed by atoms with Crippen molar-refractivity contribution in [2.24, 2.45) is 5.92 Å². The molecule has 3 heteroatoms. The molecule has 0 saturated heterocycles. The molecule has 1 N–H and O–H groups in total. The predicted octanol–water partition coefficient (Wildman–Crippen LogP) is 8.23. The molecular weight excluding hydrogens is 425 g/mol. The van der Waals surface area contributed by atoms with E-state index in [1.165, 1.54) is 47.1 Å². The molecule has 172 valence electrons. The number of benzene rings is 3. The van der Waals surface area contributed by atoms with E-state index in [0.717, 1.165) is 36.4 Å². The van der Waals surface area contributed by atoms with Crippen LogP contribution in [0.15, 0.2) is 71.6 Å². The van der Waals surface area contributed by atoms with Gasteiger partial charge in [0.05, 0.1) is 0 Å². The molecule has 1 aliphatic carbocycles. The zero-order valence-electron chi connectivity index (χ0n) is 19.7. The van der Waals surface area contributed by atoms with Crippen molar-refractivity contribution >= 4 is 18.3 Å². The fourth-order valence-electron chi connectivity index (χ4n) is 4.43. The second-order valence-electron chi connectivity index (χ2n) is 9.03. The number of thiol groups is 1. The number of hydrogen-bond donors (Lipinski definition) is 2. The number of aryl methyl sites for hydroxylation is 2. The summed E-state index contributed by atoms with van der Waals surface area (Å²) in [6, 6.07) is 20.9. The highest BCUT2D eigenvalue weighted by molar-refractivity contribution is 7.80. The van der Waals surface area contributed by atoms with Gasteiger partial charge in [0.2, 0.25) is 0 Å². The maximum Gasteiger partial charge on any atom is 0.136 e. The molecule has 1 nitrogen and oxygen atoms in total. The van der Waals surface area contributed by atoms with E-state index in [9.17, 15) is 4.39 Å². The van der Waals surface area contributed by atoms with Gasteiger partial charge in [-0.25, -0.2) is 4.39 Å². The van der Waals surface area contributed by atoms with Gasteiger partial charge in [0.25, 0.3) is 0 Å². The lowest BCUT2D eigenvalue weighted by atomic mass is 9.91. The van der Waals surface area contributed by atoms with Crippen molar-refractivity contribution in [3.63, 3.8) is 0 Å². The van der Waals surface area contributed by atoms with Gasteiger partial charge in [-0.1, -0.05) is 75.2 Å². The number of hydrogen-bond acceptors (Lipinski definition) is 2. The minimum Gasteiger partial charge on any atom is -0.381 e. The summed E-state index contributed by atoms with van der Waals surface area (Å²) in [5, 5.41) is 3.62. The molecule has 1 saturated carbocycles. The number of nitrogens with one attached hydrogen (secondary N) is 1. The standard InChI is InChI=1S/C30H34FNS/c1-3-7-29(32-20-22-13-17-30(33)28(31)18-22)27-19-25(26-9-6-5-8-23(26)4-2)16-15-24(27)14-12-21-10-11-21/h5-9,13,15-19,21,32-33H,3-4,10-12,14,20H2,1-2H3/b29-7-. The molecule has 0 unspecified atom stereocenters. The summed E-state index contributed by atoms with van der Waals surface area (Å²) in [7, 11) is 0. The molecule has 0 radical (unpaired) electrons. The van der Waals surface area contributed by atoms with Crippen LogP contribution in [-0.2, 0) is 19.4 Å². The Balaban J connectivity index is 1.67. The van der Waals surface area contributed by atoms with Gasteiger partial charge in [-0.2, -0.15) is 0 Å². The van der Waals surface area contributed by atoms with Crippen molar-refractivity contribution in [1.29, 1.82) is 0 Å². The zero-order valence-corrected chi connectivity index (χ0v) is 20.6. The zero-order chi connectivity index (χ0) is 23.2. The van der Waals surface area contributed by atoms with Gasteiger partial charge in [0.1, 0.15) is 5.82 Å². The smallest absolute Gasteiger partial charge is 0.136 e. The first-order chi connectivity index (χ1) is 16.1. The molecular formula is C30H34FNS. The molecule has 0 amide bonds. The van der Waals surface area contributed by atoms with Crippen LogP contribution in [-0.4, -0.2) is 0 Å². The first-order valence-corrected chi connectivity index (χ1v) is 12.7. The maximum atomic E-state index is 14.0. The van der Waals surface area contributed by atoms with E-state index >= 15 is 0 Å². The van der Waals surface area contributed by atoms with Crippen molar-refractivity contribution in [2.75, 3.05) is 0 Å². The summed E-state index contributed by atoms with van der Waals surface area (Å²) in [5.41, 5.74) is 8.64. The highest BCUT2D eigenvalue weighted by atomic mass is 32.1. The number of halogens is 1. The van der Waals surface area contributed by atoms with Crippen molar-refractivity contribution in [3.8, 4) is 11.1 Å². The van der Waals surface area contributed by atoms with Crippen molar-refractivity contribution in [1.82, 2.24) is 5.32 Å². The summed E-state index contributed by atoms with van der Waals surface area (Å²) in [5.74, 6) is 0.620. The molecule has 0 heterocycles. The summed E-state index contributed by atoms with van der Waals surface area (Å²) in [6.07, 6.45) is 9.31. The van der Waals surface area contributed by atoms with Gasteiger partial charge in [-0.3, -0.25) is 0 Å². The van der Waals surface area contributed by atoms with Gasteiger partial charge in [-0.05, 0) is 77.6 Å². The Bertz CT molecular complexity index is 1130. The van der Waals surface area contributed by atoms with E-state index in [1.807, 2.05) is 6.07 Å². The summed E-state index contributed by atoms with van der Waals surface area (Å²) >= 11 is 4.16. The highest BCUT2D eigenvalue weighted by Crippen LogP contribution is 2.35.